The van der Waals surface area contributed by atoms with Gasteiger partial charge in [-0.25, -0.2) is 14.6 Å². The van der Waals surface area contributed by atoms with Crippen LogP contribution < -0.4 is 4.90 Å². The van der Waals surface area contributed by atoms with Crippen LogP contribution in [-0.2, 0) is 4.79 Å². The Bertz CT molecular complexity index is 927. The largest absolute Gasteiger partial charge is 0.344 e. The molecular weight excluding hydrogens is 384 g/mol. The minimum Gasteiger partial charge on any atom is -0.344 e. The van der Waals surface area contributed by atoms with E-state index in [0.29, 0.717) is 24.9 Å². The maximum Gasteiger partial charge on any atom is 0.233 e. The number of carbonyl (C=O) groups excluding carboxylic acids is 1. The molecule has 3 aromatic rings. The third kappa shape index (κ3) is 3.48. The lowest BCUT2D eigenvalue weighted by Gasteiger charge is -2.34. The summed E-state index contributed by atoms with van der Waals surface area (Å²) in [5.74, 6) is 0.508. The molecular formula is C16H18N8OS2. The molecule has 11 heteroatoms. The molecule has 1 saturated heterocycles. The van der Waals surface area contributed by atoms with E-state index in [9.17, 15) is 4.79 Å². The Morgan fingerprint density at radius 2 is 2.11 bits per heavy atom. The van der Waals surface area contributed by atoms with Gasteiger partial charge in [-0.15, -0.1) is 5.10 Å². The maximum atomic E-state index is 12.6. The molecule has 0 N–H and O–H groups in total. The van der Waals surface area contributed by atoms with Gasteiger partial charge in [-0.05, 0) is 35.4 Å². The van der Waals surface area contributed by atoms with Crippen LogP contribution in [0, 0.1) is 0 Å². The Morgan fingerprint density at radius 3 is 2.89 bits per heavy atom. The van der Waals surface area contributed by atoms with Gasteiger partial charge in [-0.2, -0.15) is 0 Å². The van der Waals surface area contributed by atoms with Crippen LogP contribution in [0.1, 0.15) is 18.9 Å². The van der Waals surface area contributed by atoms with Crippen molar-refractivity contribution in [2.45, 2.75) is 24.0 Å². The number of nitrogens with zero attached hydrogens (tertiary/aromatic N) is 8. The molecule has 2 fully saturated rings. The number of pyridine rings is 1. The van der Waals surface area contributed by atoms with Gasteiger partial charge >= 0.3 is 0 Å². The van der Waals surface area contributed by atoms with Gasteiger partial charge in [-0.1, -0.05) is 23.1 Å². The second-order valence-corrected chi connectivity index (χ2v) is 8.52. The van der Waals surface area contributed by atoms with Gasteiger partial charge in [0, 0.05) is 32.4 Å². The molecule has 9 nitrogen and oxygen atoms in total. The smallest absolute Gasteiger partial charge is 0.233 e. The second kappa shape index (κ2) is 7.04. The van der Waals surface area contributed by atoms with Gasteiger partial charge in [0.15, 0.2) is 5.13 Å². The highest BCUT2D eigenvalue weighted by Gasteiger charge is 2.29. The summed E-state index contributed by atoms with van der Waals surface area (Å²) in [6.07, 6.45) is 4.03. The van der Waals surface area contributed by atoms with E-state index in [-0.39, 0.29) is 5.91 Å². The zero-order chi connectivity index (χ0) is 18.2. The molecule has 2 aliphatic rings. The van der Waals surface area contributed by atoms with Crippen LogP contribution in [0.25, 0.3) is 10.3 Å². The number of aromatic nitrogens is 6. The number of thiazole rings is 1. The fourth-order valence-corrected chi connectivity index (χ4v) is 4.89. The molecule has 27 heavy (non-hydrogen) atoms. The number of hydrogen-bond donors (Lipinski definition) is 0. The van der Waals surface area contributed by atoms with Crippen molar-refractivity contribution in [1.29, 1.82) is 0 Å². The predicted molar refractivity (Wildman–Crippen MR) is 103 cm³/mol. The van der Waals surface area contributed by atoms with E-state index in [1.807, 2.05) is 21.7 Å². The first-order valence-electron chi connectivity index (χ1n) is 8.93. The Morgan fingerprint density at radius 1 is 1.26 bits per heavy atom. The maximum absolute atomic E-state index is 12.6. The van der Waals surface area contributed by atoms with Crippen molar-refractivity contribution in [3.05, 3.63) is 18.3 Å². The van der Waals surface area contributed by atoms with Crippen molar-refractivity contribution in [3.63, 3.8) is 0 Å². The zero-order valence-corrected chi connectivity index (χ0v) is 16.2. The predicted octanol–water partition coefficient (Wildman–Crippen LogP) is 1.45. The van der Waals surface area contributed by atoms with E-state index in [1.165, 1.54) is 11.8 Å². The summed E-state index contributed by atoms with van der Waals surface area (Å²) in [7, 11) is 0. The number of fused-ring (bicyclic) bond motifs is 1. The summed E-state index contributed by atoms with van der Waals surface area (Å²) in [6.45, 7) is 2.98. The van der Waals surface area contributed by atoms with E-state index in [0.717, 1.165) is 46.6 Å². The van der Waals surface area contributed by atoms with Crippen LogP contribution in [-0.4, -0.2) is 72.9 Å². The standard InChI is InChI=1S/C16H18N8OS2/c25-13(10-26-16-19-20-21-24(16)11-3-4-11)22-6-8-23(9-7-22)15-18-12-2-1-5-17-14(12)27-15/h1-2,5,11H,3-4,6-10H2. The van der Waals surface area contributed by atoms with Crippen LogP contribution in [0.4, 0.5) is 5.13 Å². The lowest BCUT2D eigenvalue weighted by molar-refractivity contribution is -0.128. The number of hydrogen-bond acceptors (Lipinski definition) is 9. The number of tetrazole rings is 1. The van der Waals surface area contributed by atoms with Crippen molar-refractivity contribution < 1.29 is 4.79 Å². The summed E-state index contributed by atoms with van der Waals surface area (Å²) < 4.78 is 1.84. The quantitative estimate of drug-likeness (QED) is 0.592. The van der Waals surface area contributed by atoms with Crippen LogP contribution >= 0.6 is 23.1 Å². The highest BCUT2D eigenvalue weighted by Crippen LogP contribution is 2.36. The highest BCUT2D eigenvalue weighted by atomic mass is 32.2. The van der Waals surface area contributed by atoms with Crippen molar-refractivity contribution in [3.8, 4) is 0 Å². The molecule has 0 bridgehead atoms. The molecule has 1 amide bonds. The first-order valence-corrected chi connectivity index (χ1v) is 10.7. The van der Waals surface area contributed by atoms with E-state index in [2.05, 4.69) is 30.4 Å². The van der Waals surface area contributed by atoms with E-state index >= 15 is 0 Å². The SMILES string of the molecule is O=C(CSc1nnnn1C1CC1)N1CCN(c2nc3cccnc3s2)CC1. The number of thioether (sulfide) groups is 1. The van der Waals surface area contributed by atoms with E-state index < -0.39 is 0 Å². The van der Waals surface area contributed by atoms with Crippen molar-refractivity contribution in [2.75, 3.05) is 36.8 Å². The third-order valence-corrected chi connectivity index (χ3v) is 6.70. The molecule has 1 aliphatic heterocycles. The third-order valence-electron chi connectivity index (χ3n) is 4.74. The molecule has 3 aromatic heterocycles. The number of piperazine rings is 1. The Labute approximate surface area is 163 Å². The van der Waals surface area contributed by atoms with E-state index in [4.69, 9.17) is 0 Å². The number of anilines is 1. The Balaban J connectivity index is 1.16. The molecule has 5 rings (SSSR count). The number of amides is 1. The van der Waals surface area contributed by atoms with Gasteiger partial charge in [0.05, 0.1) is 11.8 Å². The molecule has 1 saturated carbocycles. The molecule has 0 radical (unpaired) electrons. The summed E-state index contributed by atoms with van der Waals surface area (Å²) in [6, 6.07) is 4.30. The van der Waals surface area contributed by atoms with Crippen LogP contribution in [0.2, 0.25) is 0 Å². The molecule has 140 valence electrons. The lowest BCUT2D eigenvalue weighted by Crippen LogP contribution is -2.49. The van der Waals surface area contributed by atoms with Crippen LogP contribution in [0.5, 0.6) is 0 Å². The monoisotopic (exact) mass is 402 g/mol. The van der Waals surface area contributed by atoms with Crippen molar-refractivity contribution in [2.24, 2.45) is 0 Å². The average molecular weight is 403 g/mol. The minimum atomic E-state index is 0.135. The normalized spacial score (nSPS) is 17.6. The van der Waals surface area contributed by atoms with Crippen LogP contribution in [0.15, 0.2) is 23.5 Å². The molecule has 4 heterocycles. The Kier molecular flexibility index (Phi) is 4.40. The number of rotatable bonds is 5. The summed E-state index contributed by atoms with van der Waals surface area (Å²) >= 11 is 3.03. The van der Waals surface area contributed by atoms with Gasteiger partial charge < -0.3 is 9.80 Å². The highest BCUT2D eigenvalue weighted by molar-refractivity contribution is 7.99. The first-order chi connectivity index (χ1) is 13.3. The first kappa shape index (κ1) is 16.9. The molecule has 0 atom stereocenters. The van der Waals surface area contributed by atoms with Crippen molar-refractivity contribution in [1.82, 2.24) is 35.1 Å². The minimum absolute atomic E-state index is 0.135. The van der Waals surface area contributed by atoms with Crippen LogP contribution in [0.3, 0.4) is 0 Å². The molecule has 0 aromatic carbocycles. The second-order valence-electron chi connectivity index (χ2n) is 6.62. The average Bonchev–Trinajstić information content (AvgIpc) is 3.28. The van der Waals surface area contributed by atoms with E-state index in [1.54, 1.807) is 17.5 Å². The molecule has 0 spiro atoms. The fraction of sp³-hybridized carbons (Fsp3) is 0.500. The zero-order valence-electron chi connectivity index (χ0n) is 14.6. The number of carbonyl (C=O) groups is 1. The molecule has 1 aliphatic carbocycles. The van der Waals surface area contributed by atoms with Gasteiger partial charge in [0.25, 0.3) is 0 Å². The Hall–Kier alpha value is -2.27. The van der Waals surface area contributed by atoms with Gasteiger partial charge in [0.1, 0.15) is 10.3 Å². The summed E-state index contributed by atoms with van der Waals surface area (Å²) in [5, 5.41) is 13.5. The molecule has 0 unspecified atom stereocenters. The van der Waals surface area contributed by atoms with Crippen molar-refractivity contribution >= 4 is 44.5 Å². The summed E-state index contributed by atoms with van der Waals surface area (Å²) in [5.41, 5.74) is 0.931. The van der Waals surface area contributed by atoms with Gasteiger partial charge in [0.2, 0.25) is 11.1 Å². The van der Waals surface area contributed by atoms with Gasteiger partial charge in [-0.3, -0.25) is 4.79 Å². The summed E-state index contributed by atoms with van der Waals surface area (Å²) in [4.78, 5) is 26.7. The fourth-order valence-electron chi connectivity index (χ4n) is 3.09. The lowest BCUT2D eigenvalue weighted by atomic mass is 10.3. The topological polar surface area (TPSA) is 92.9 Å².